The van der Waals surface area contributed by atoms with Gasteiger partial charge in [-0.15, -0.1) is 0 Å². The molecular weight excluding hydrogens is 1670 g/mol. The summed E-state index contributed by atoms with van der Waals surface area (Å²) in [4.78, 5) is 131. The Balaban J connectivity index is 0.877. The second-order valence-electron chi connectivity index (χ2n) is 29.8. The minimum absolute atomic E-state index is 0.00405. The number of alkyl carbamates (subject to hydrolysis) is 2. The summed E-state index contributed by atoms with van der Waals surface area (Å²) >= 11 is 0. The van der Waals surface area contributed by atoms with E-state index in [2.05, 4.69) is 31.9 Å². The fourth-order valence-corrected chi connectivity index (χ4v) is 16.1. The first-order chi connectivity index (χ1) is 61.0. The maximum Gasteiger partial charge on any atom is 0.407 e. The minimum atomic E-state index is -2.03. The molecule has 37 heteroatoms. The summed E-state index contributed by atoms with van der Waals surface area (Å²) in [6.45, 7) is 11.2. The first-order valence-corrected chi connectivity index (χ1v) is 42.4. The van der Waals surface area contributed by atoms with Crippen molar-refractivity contribution in [1.29, 1.82) is 5.26 Å². The van der Waals surface area contributed by atoms with E-state index in [-0.39, 0.29) is 77.5 Å². The van der Waals surface area contributed by atoms with E-state index >= 15 is 0 Å². The number of nitrogens with one attached hydrogen (secondary N) is 6. The SMILES string of the molecule is COc1ccc(C(OC[C@H]2O[C@@H](OCCCNC(=O)CNC(=O)OCC(COC(=O)NCC(=O)NCCCO[C@@H]3O[C@H](COC(c4ccccc4)(c4ccc(OC)cc4)c4ccc(OC)cc4)[C@H](OC(C)=O)[C@H](OC(C)=O)[C@H]3NC(C)=O)OP(OCCC#N)N(C(C)C)C(C)C)[C@H](NC(C)=O)[C@@H](OC(C)=O)[C@H]2OC(C)=O)(c2ccccc2)c2ccc(OC)cc2)cc1. The number of nitriles is 1. The van der Waals surface area contributed by atoms with Crippen molar-refractivity contribution < 1.29 is 133 Å². The van der Waals surface area contributed by atoms with Gasteiger partial charge in [-0.3, -0.25) is 38.4 Å². The van der Waals surface area contributed by atoms with Crippen LogP contribution in [-0.4, -0.2) is 245 Å². The normalized spacial score (nSPS) is 19.0. The molecule has 0 radical (unpaired) electrons. The second-order valence-corrected chi connectivity index (χ2v) is 31.2. The molecule has 6 amide bonds. The Hall–Kier alpha value is -11.6. The van der Waals surface area contributed by atoms with Crippen LogP contribution in [0.15, 0.2) is 158 Å². The molecule has 8 rings (SSSR count). The predicted molar refractivity (Wildman–Crippen MR) is 457 cm³/mol. The van der Waals surface area contributed by atoms with Gasteiger partial charge in [0.2, 0.25) is 23.6 Å². The molecule has 0 saturated carbocycles. The molecule has 0 aliphatic carbocycles. The summed E-state index contributed by atoms with van der Waals surface area (Å²) < 4.78 is 111. The van der Waals surface area contributed by atoms with Gasteiger partial charge in [0.05, 0.1) is 87.1 Å². The van der Waals surface area contributed by atoms with Gasteiger partial charge in [-0.1, -0.05) is 109 Å². The highest BCUT2D eigenvalue weighted by Crippen LogP contribution is 2.49. The highest BCUT2D eigenvalue weighted by molar-refractivity contribution is 7.44. The lowest BCUT2D eigenvalue weighted by atomic mass is 9.80. The van der Waals surface area contributed by atoms with Crippen LogP contribution in [0.3, 0.4) is 0 Å². The van der Waals surface area contributed by atoms with Crippen LogP contribution in [0.1, 0.15) is 122 Å². The third kappa shape index (κ3) is 29.5. The summed E-state index contributed by atoms with van der Waals surface area (Å²) in [5.74, 6) is -3.25. The number of hydrogen-bond donors (Lipinski definition) is 6. The molecule has 2 saturated heterocycles. The molecule has 0 spiro atoms. The molecule has 6 aromatic rings. The number of benzene rings is 6. The quantitative estimate of drug-likeness (QED) is 0.00686. The summed E-state index contributed by atoms with van der Waals surface area (Å²) in [5, 5.41) is 25.0. The van der Waals surface area contributed by atoms with Crippen molar-refractivity contribution in [2.24, 2.45) is 0 Å². The van der Waals surface area contributed by atoms with Crippen LogP contribution in [0.2, 0.25) is 0 Å². The van der Waals surface area contributed by atoms with Crippen LogP contribution in [0.25, 0.3) is 0 Å². The van der Waals surface area contributed by atoms with Crippen molar-refractivity contribution in [2.75, 3.05) is 101 Å². The third-order valence-electron chi connectivity index (χ3n) is 19.9. The van der Waals surface area contributed by atoms with Gasteiger partial charge >= 0.3 is 36.1 Å². The Bertz CT molecular complexity index is 4190. The maximum absolute atomic E-state index is 13.4. The molecule has 0 bridgehead atoms. The maximum atomic E-state index is 13.4. The van der Waals surface area contributed by atoms with Crippen molar-refractivity contribution in [2.45, 2.75) is 179 Å². The first kappa shape index (κ1) is 101. The molecule has 2 heterocycles. The Morgan fingerprint density at radius 3 is 1.06 bits per heavy atom. The zero-order chi connectivity index (χ0) is 92.2. The summed E-state index contributed by atoms with van der Waals surface area (Å²) in [7, 11) is 4.15. The molecule has 36 nitrogen and oxygen atoms in total. The Morgan fingerprint density at radius 1 is 0.441 bits per heavy atom. The standard InChI is InChI=1S/C90H115N8O28P/c1-56(2)98(57(3)4)127(119-49-21-44-91)126-74(52-115-87(107)94-50-77(105)92-45-22-47-113-85-79(96-58(5)99)83(122-62(9)103)81(120-60(7)101)75(124-85)54-117-89(64-24-17-15-18-25-64,66-28-36-70(109-11)37-29-66)67-30-38-71(110-12)39-31-67)53-116-88(108)95-51-78(106)93-46-23-48-114-86-80(97-59(6)100)84(123-63(10)104)82(121-61(8)102)76(125-86)55-118-90(65-26-19-16-20-27-65,68-32-40-72(111-13)41-33-68)69-34-42-73(112-14)43-35-69/h15-20,24-43,56-57,74-76,79-86H,21-23,45-55H2,1-14H3,(H,92,105)(H,93,106)(H,94,107)(H,95,108)(H,96,99)(H,97,100)/t75-,76-,79-,80-,81+,82+,83-,84-,85-,86-,127?/m1/s1. The molecule has 688 valence electrons. The van der Waals surface area contributed by atoms with Gasteiger partial charge in [-0.05, 0) is 122 Å². The van der Waals surface area contributed by atoms with Crippen LogP contribution in [0, 0.1) is 11.3 Å². The topological polar surface area (TPSA) is 436 Å². The average molecular weight is 1790 g/mol. The molecule has 0 aromatic heterocycles. The molecule has 2 aliphatic rings. The lowest BCUT2D eigenvalue weighted by Crippen LogP contribution is -2.66. The number of ether oxygens (including phenoxy) is 16. The van der Waals surface area contributed by atoms with Gasteiger partial charge in [0, 0.05) is 66.7 Å². The zero-order valence-corrected chi connectivity index (χ0v) is 74.6. The van der Waals surface area contributed by atoms with Gasteiger partial charge in [0.25, 0.3) is 8.53 Å². The predicted octanol–water partition coefficient (Wildman–Crippen LogP) is 8.38. The van der Waals surface area contributed by atoms with E-state index in [4.69, 9.17) is 84.8 Å². The van der Waals surface area contributed by atoms with Crippen LogP contribution >= 0.6 is 8.53 Å². The van der Waals surface area contributed by atoms with Gasteiger partial charge < -0.3 is 117 Å². The van der Waals surface area contributed by atoms with Gasteiger partial charge in [0.15, 0.2) is 37.0 Å². The van der Waals surface area contributed by atoms with Crippen LogP contribution in [-0.2, 0) is 115 Å². The van der Waals surface area contributed by atoms with E-state index in [0.717, 1.165) is 13.8 Å². The van der Waals surface area contributed by atoms with Crippen molar-refractivity contribution in [3.05, 3.63) is 191 Å². The molecule has 2 fully saturated rings. The van der Waals surface area contributed by atoms with E-state index in [9.17, 15) is 53.2 Å². The van der Waals surface area contributed by atoms with Gasteiger partial charge in [-0.25, -0.2) is 14.3 Å². The number of carbonyl (C=O) groups is 10. The van der Waals surface area contributed by atoms with Crippen molar-refractivity contribution >= 4 is 68.2 Å². The highest BCUT2D eigenvalue weighted by Gasteiger charge is 2.55. The van der Waals surface area contributed by atoms with Crippen molar-refractivity contribution in [3.8, 4) is 29.1 Å². The largest absolute Gasteiger partial charge is 0.497 e. The van der Waals surface area contributed by atoms with E-state index in [1.165, 1.54) is 27.7 Å². The number of esters is 4. The number of rotatable bonds is 48. The van der Waals surface area contributed by atoms with Crippen LogP contribution in [0.4, 0.5) is 9.59 Å². The summed E-state index contributed by atoms with van der Waals surface area (Å²) in [6, 6.07) is 46.9. The molecule has 2 aliphatic heterocycles. The Labute approximate surface area is 739 Å². The number of methoxy groups -OCH3 is 4. The second kappa shape index (κ2) is 50.7. The molecule has 127 heavy (non-hydrogen) atoms. The lowest BCUT2D eigenvalue weighted by Gasteiger charge is -2.46. The molecule has 6 aromatic carbocycles. The zero-order valence-electron chi connectivity index (χ0n) is 73.7. The van der Waals surface area contributed by atoms with E-state index < -0.39 is 173 Å². The van der Waals surface area contributed by atoms with E-state index in [1.54, 1.807) is 77.0 Å². The highest BCUT2D eigenvalue weighted by atomic mass is 31.2. The molecule has 11 atom stereocenters. The van der Waals surface area contributed by atoms with Gasteiger partial charge in [0.1, 0.15) is 77.8 Å². The average Bonchev–Trinajstić information content (AvgIpc) is 0.750. The van der Waals surface area contributed by atoms with E-state index in [0.29, 0.717) is 56.4 Å². The Morgan fingerprint density at radius 2 is 0.764 bits per heavy atom. The number of carbonyl (C=O) groups excluding carboxylic acids is 10. The van der Waals surface area contributed by atoms with Gasteiger partial charge in [-0.2, -0.15) is 5.26 Å². The summed E-state index contributed by atoms with van der Waals surface area (Å²) in [6.07, 6.45) is -14.0. The van der Waals surface area contributed by atoms with Crippen molar-refractivity contribution in [1.82, 2.24) is 36.6 Å². The monoisotopic (exact) mass is 1790 g/mol. The number of amides is 6. The first-order valence-electron chi connectivity index (χ1n) is 41.3. The fraction of sp³-hybridized carbons (Fsp3) is 0.478. The number of hydrogen-bond acceptors (Lipinski definition) is 30. The molecule has 1 unspecified atom stereocenters. The third-order valence-corrected chi connectivity index (χ3v) is 22.0. The smallest absolute Gasteiger partial charge is 0.407 e. The van der Waals surface area contributed by atoms with Crippen LogP contribution < -0.4 is 50.8 Å². The lowest BCUT2D eigenvalue weighted by molar-refractivity contribution is -0.282. The molecule has 6 N–H and O–H groups in total. The Kier molecular flexibility index (Phi) is 40.2. The fourth-order valence-electron chi connectivity index (χ4n) is 14.4. The van der Waals surface area contributed by atoms with Crippen LogP contribution in [0.5, 0.6) is 23.0 Å². The minimum Gasteiger partial charge on any atom is -0.497 e. The summed E-state index contributed by atoms with van der Waals surface area (Å²) in [5.41, 5.74) is 1.20. The van der Waals surface area contributed by atoms with E-state index in [1.807, 2.05) is 148 Å². The van der Waals surface area contributed by atoms with Crippen molar-refractivity contribution in [3.63, 3.8) is 0 Å². The number of nitrogens with zero attached hydrogens (tertiary/aromatic N) is 2. The molecular formula is C90H115N8O28P.